The van der Waals surface area contributed by atoms with Gasteiger partial charge in [0.05, 0.1) is 5.69 Å². The summed E-state index contributed by atoms with van der Waals surface area (Å²) in [5.74, 6) is -2.85. The van der Waals surface area contributed by atoms with Crippen LogP contribution in [0.3, 0.4) is 0 Å². The number of imide groups is 1. The third-order valence-electron chi connectivity index (χ3n) is 4.04. The predicted molar refractivity (Wildman–Crippen MR) is 80.2 cm³/mol. The van der Waals surface area contributed by atoms with E-state index in [2.05, 4.69) is 5.16 Å². The van der Waals surface area contributed by atoms with Gasteiger partial charge < -0.3 is 4.84 Å². The molecule has 7 heteroatoms. The van der Waals surface area contributed by atoms with Crippen LogP contribution in [0.15, 0.2) is 53.7 Å². The zero-order chi connectivity index (χ0) is 16.8. The molecule has 0 radical (unpaired) electrons. The summed E-state index contributed by atoms with van der Waals surface area (Å²) in [6.45, 7) is 0. The topological polar surface area (TPSA) is 59.0 Å². The lowest BCUT2D eigenvalue weighted by Crippen LogP contribution is -2.33. The summed E-state index contributed by atoms with van der Waals surface area (Å²) in [4.78, 5) is 31.3. The van der Waals surface area contributed by atoms with Crippen LogP contribution in [0.2, 0.25) is 0 Å². The number of benzene rings is 2. The van der Waals surface area contributed by atoms with Gasteiger partial charge in [-0.3, -0.25) is 9.59 Å². The minimum Gasteiger partial charge on any atom is -0.381 e. The summed E-state index contributed by atoms with van der Waals surface area (Å²) in [5, 5.41) is 3.83. The van der Waals surface area contributed by atoms with Gasteiger partial charge in [0.2, 0.25) is 12.0 Å². The Balaban J connectivity index is 1.69. The van der Waals surface area contributed by atoms with E-state index in [4.69, 9.17) is 4.84 Å². The summed E-state index contributed by atoms with van der Waals surface area (Å²) in [6.07, 6.45) is -1.05. The molecule has 0 unspecified atom stereocenters. The molecule has 2 amide bonds. The molecule has 5 nitrogen and oxygen atoms in total. The van der Waals surface area contributed by atoms with Crippen molar-refractivity contribution in [1.29, 1.82) is 0 Å². The molecule has 1 saturated heterocycles. The Morgan fingerprint density at radius 1 is 0.875 bits per heavy atom. The van der Waals surface area contributed by atoms with Crippen molar-refractivity contribution >= 4 is 23.2 Å². The zero-order valence-corrected chi connectivity index (χ0v) is 12.1. The minimum absolute atomic E-state index is 0.267. The fourth-order valence-corrected chi connectivity index (χ4v) is 2.88. The molecule has 0 spiro atoms. The van der Waals surface area contributed by atoms with Crippen molar-refractivity contribution < 1.29 is 23.2 Å². The molecule has 0 N–H and O–H groups in total. The number of fused-ring (bicyclic) bond motifs is 1. The Kier molecular flexibility index (Phi) is 3.16. The highest BCUT2D eigenvalue weighted by atomic mass is 19.1. The van der Waals surface area contributed by atoms with Crippen molar-refractivity contribution in [3.63, 3.8) is 0 Å². The van der Waals surface area contributed by atoms with Gasteiger partial charge in [-0.15, -0.1) is 0 Å². The molecule has 120 valence electrons. The first-order chi connectivity index (χ1) is 11.6. The molecule has 0 bridgehead atoms. The lowest BCUT2D eigenvalue weighted by atomic mass is 9.94. The van der Waals surface area contributed by atoms with Gasteiger partial charge in [-0.05, 0) is 36.4 Å². The number of rotatable bonds is 2. The van der Waals surface area contributed by atoms with E-state index in [0.29, 0.717) is 5.56 Å². The monoisotopic (exact) mass is 328 g/mol. The van der Waals surface area contributed by atoms with Crippen molar-refractivity contribution in [2.75, 3.05) is 4.90 Å². The van der Waals surface area contributed by atoms with Crippen molar-refractivity contribution in [2.45, 2.75) is 6.10 Å². The average Bonchev–Trinajstić information content (AvgIpc) is 3.11. The summed E-state index contributed by atoms with van der Waals surface area (Å²) < 4.78 is 26.1. The van der Waals surface area contributed by atoms with E-state index in [1.807, 2.05) is 0 Å². The van der Waals surface area contributed by atoms with E-state index >= 15 is 0 Å². The summed E-state index contributed by atoms with van der Waals surface area (Å²) in [7, 11) is 0. The molecular formula is C17H10F2N2O3. The van der Waals surface area contributed by atoms with Gasteiger partial charge in [-0.25, -0.2) is 13.7 Å². The standard InChI is InChI=1S/C17H10F2N2O3/c18-10-3-1-9(2-4-10)14-13-15(24-20-14)17(23)21(16(13)22)12-7-5-11(19)6-8-12/h1-8,13,15H/t13-,15+/m1/s1. The molecule has 2 atom stereocenters. The summed E-state index contributed by atoms with van der Waals surface area (Å²) in [5.41, 5.74) is 1.05. The normalized spacial score (nSPS) is 22.4. The second kappa shape index (κ2) is 5.23. The minimum atomic E-state index is -1.05. The highest BCUT2D eigenvalue weighted by molar-refractivity contribution is 6.32. The van der Waals surface area contributed by atoms with Crippen molar-refractivity contribution in [3.05, 3.63) is 65.7 Å². The smallest absolute Gasteiger partial charge is 0.278 e. The van der Waals surface area contributed by atoms with E-state index in [9.17, 15) is 18.4 Å². The lowest BCUT2D eigenvalue weighted by molar-refractivity contribution is -0.126. The summed E-state index contributed by atoms with van der Waals surface area (Å²) >= 11 is 0. The third-order valence-corrected chi connectivity index (χ3v) is 4.04. The number of halogens is 2. The number of hydrogen-bond donors (Lipinski definition) is 0. The molecule has 0 saturated carbocycles. The van der Waals surface area contributed by atoms with Crippen LogP contribution < -0.4 is 4.90 Å². The van der Waals surface area contributed by atoms with Gasteiger partial charge in [0.25, 0.3) is 5.91 Å². The molecule has 24 heavy (non-hydrogen) atoms. The predicted octanol–water partition coefficient (Wildman–Crippen LogP) is 2.26. The highest BCUT2D eigenvalue weighted by Gasteiger charge is 2.56. The molecule has 2 aromatic carbocycles. The number of carbonyl (C=O) groups is 2. The maximum Gasteiger partial charge on any atom is 0.278 e. The van der Waals surface area contributed by atoms with E-state index in [-0.39, 0.29) is 11.4 Å². The Morgan fingerprint density at radius 3 is 2.08 bits per heavy atom. The molecule has 2 aliphatic heterocycles. The maximum absolute atomic E-state index is 13.1. The van der Waals surface area contributed by atoms with Crippen LogP contribution in [0.1, 0.15) is 5.56 Å². The number of carbonyl (C=O) groups excluding carboxylic acids is 2. The molecule has 0 aromatic heterocycles. The zero-order valence-electron chi connectivity index (χ0n) is 12.1. The largest absolute Gasteiger partial charge is 0.381 e. The van der Waals surface area contributed by atoms with E-state index < -0.39 is 35.5 Å². The fourth-order valence-electron chi connectivity index (χ4n) is 2.88. The Hall–Kier alpha value is -3.09. The van der Waals surface area contributed by atoms with Gasteiger partial charge in [0, 0.05) is 5.56 Å². The van der Waals surface area contributed by atoms with Crippen molar-refractivity contribution in [2.24, 2.45) is 11.1 Å². The van der Waals surface area contributed by atoms with E-state index in [0.717, 1.165) is 4.90 Å². The van der Waals surface area contributed by atoms with Crippen LogP contribution in [-0.4, -0.2) is 23.6 Å². The first kappa shape index (κ1) is 14.5. The molecule has 1 fully saturated rings. The van der Waals surface area contributed by atoms with Crippen LogP contribution in [0.5, 0.6) is 0 Å². The maximum atomic E-state index is 13.1. The Morgan fingerprint density at radius 2 is 1.46 bits per heavy atom. The Bertz CT molecular complexity index is 862. The van der Waals surface area contributed by atoms with E-state index in [1.165, 1.54) is 48.5 Å². The number of nitrogens with zero attached hydrogens (tertiary/aromatic N) is 2. The first-order valence-electron chi connectivity index (χ1n) is 7.19. The van der Waals surface area contributed by atoms with Gasteiger partial charge in [0.1, 0.15) is 23.3 Å². The van der Waals surface area contributed by atoms with Gasteiger partial charge in [-0.1, -0.05) is 17.3 Å². The first-order valence-corrected chi connectivity index (χ1v) is 7.19. The number of amides is 2. The molecule has 0 aliphatic carbocycles. The lowest BCUT2D eigenvalue weighted by Gasteiger charge is -2.15. The average molecular weight is 328 g/mol. The molecule has 2 aromatic rings. The second-order valence-corrected chi connectivity index (χ2v) is 5.48. The Labute approximate surface area is 135 Å². The van der Waals surface area contributed by atoms with Crippen molar-refractivity contribution in [1.82, 2.24) is 0 Å². The van der Waals surface area contributed by atoms with Gasteiger partial charge in [-0.2, -0.15) is 0 Å². The van der Waals surface area contributed by atoms with Crippen LogP contribution >= 0.6 is 0 Å². The van der Waals surface area contributed by atoms with Crippen LogP contribution in [0.25, 0.3) is 0 Å². The number of anilines is 1. The van der Waals surface area contributed by atoms with Crippen LogP contribution in [-0.2, 0) is 14.4 Å². The molecule has 2 aliphatic rings. The number of hydrogen-bond acceptors (Lipinski definition) is 4. The molecule has 4 rings (SSSR count). The quantitative estimate of drug-likeness (QED) is 0.795. The highest BCUT2D eigenvalue weighted by Crippen LogP contribution is 2.35. The van der Waals surface area contributed by atoms with E-state index in [1.54, 1.807) is 0 Å². The van der Waals surface area contributed by atoms with Gasteiger partial charge >= 0.3 is 0 Å². The van der Waals surface area contributed by atoms with Gasteiger partial charge in [0.15, 0.2) is 0 Å². The number of oxime groups is 1. The second-order valence-electron chi connectivity index (χ2n) is 5.48. The SMILES string of the molecule is O=C1[C@@H]2C(c3ccc(F)cc3)=NO[C@@H]2C(=O)N1c1ccc(F)cc1. The fraction of sp³-hybridized carbons (Fsp3) is 0.118. The molecular weight excluding hydrogens is 318 g/mol. The van der Waals surface area contributed by atoms with Crippen molar-refractivity contribution in [3.8, 4) is 0 Å². The van der Waals surface area contributed by atoms with Crippen LogP contribution in [0.4, 0.5) is 14.5 Å². The third kappa shape index (κ3) is 2.09. The van der Waals surface area contributed by atoms with Crippen LogP contribution in [0, 0.1) is 17.6 Å². The summed E-state index contributed by atoms with van der Waals surface area (Å²) in [6, 6.07) is 10.5. The molecule has 2 heterocycles.